The molecule has 2 aromatic rings. The number of ether oxygens (including phenoxy) is 1. The van der Waals surface area contributed by atoms with Crippen molar-refractivity contribution >= 4 is 11.5 Å². The van der Waals surface area contributed by atoms with Crippen molar-refractivity contribution in [3.63, 3.8) is 0 Å². The fourth-order valence-electron chi connectivity index (χ4n) is 0.823. The van der Waals surface area contributed by atoms with E-state index in [0.717, 1.165) is 0 Å². The lowest BCUT2D eigenvalue weighted by Gasteiger charge is -1.99. The van der Waals surface area contributed by atoms with Crippen LogP contribution in [0.15, 0.2) is 30.6 Å². The Kier molecular flexibility index (Phi) is 2.09. The van der Waals surface area contributed by atoms with Crippen molar-refractivity contribution in [3.05, 3.63) is 30.6 Å². The Morgan fingerprint density at radius 1 is 1.23 bits per heavy atom. The first-order chi connectivity index (χ1) is 6.34. The monoisotopic (exact) mass is 194 g/mol. The Balaban J connectivity index is 2.15. The average Bonchev–Trinajstić information content (AvgIpc) is 2.62. The Labute approximate surface area is 78.6 Å². The van der Waals surface area contributed by atoms with Crippen LogP contribution in [0.2, 0.25) is 0 Å². The van der Waals surface area contributed by atoms with Gasteiger partial charge in [0.2, 0.25) is 0 Å². The summed E-state index contributed by atoms with van der Waals surface area (Å²) in [5, 5.41) is 9.49. The van der Waals surface area contributed by atoms with E-state index in [9.17, 15) is 0 Å². The van der Waals surface area contributed by atoms with Crippen LogP contribution < -0.4 is 4.74 Å². The van der Waals surface area contributed by atoms with Gasteiger partial charge in [0.1, 0.15) is 17.8 Å². The summed E-state index contributed by atoms with van der Waals surface area (Å²) in [4.78, 5) is 3.86. The van der Waals surface area contributed by atoms with E-state index in [1.165, 1.54) is 17.9 Å². The third kappa shape index (κ3) is 1.94. The van der Waals surface area contributed by atoms with Crippen molar-refractivity contribution in [3.8, 4) is 16.7 Å². The van der Waals surface area contributed by atoms with Crippen LogP contribution in [0.4, 0.5) is 0 Å². The van der Waals surface area contributed by atoms with E-state index in [4.69, 9.17) is 9.84 Å². The summed E-state index contributed by atoms with van der Waals surface area (Å²) in [6.45, 7) is 0. The lowest BCUT2D eigenvalue weighted by atomic mass is 10.3. The first-order valence-corrected chi connectivity index (χ1v) is 4.35. The summed E-state index contributed by atoms with van der Waals surface area (Å²) in [5.74, 6) is 0.846. The molecule has 0 amide bonds. The Morgan fingerprint density at radius 2 is 2.00 bits per heavy atom. The molecule has 0 aliphatic carbocycles. The van der Waals surface area contributed by atoms with Crippen LogP contribution in [-0.4, -0.2) is 14.5 Å². The van der Waals surface area contributed by atoms with Gasteiger partial charge in [0.15, 0.2) is 0 Å². The van der Waals surface area contributed by atoms with Crippen LogP contribution in [0.5, 0.6) is 16.7 Å². The van der Waals surface area contributed by atoms with E-state index in [0.29, 0.717) is 10.9 Å². The lowest BCUT2D eigenvalue weighted by Crippen LogP contribution is -1.81. The molecule has 0 atom stereocenters. The normalized spacial score (nSPS) is 9.85. The van der Waals surface area contributed by atoms with E-state index >= 15 is 0 Å². The highest BCUT2D eigenvalue weighted by Gasteiger charge is 1.99. The maximum Gasteiger partial charge on any atom is 0.298 e. The smallest absolute Gasteiger partial charge is 0.298 e. The number of nitrogens with zero attached hydrogens (tertiary/aromatic N) is 2. The molecule has 5 heteroatoms. The molecule has 0 saturated carbocycles. The molecule has 1 aromatic carbocycles. The van der Waals surface area contributed by atoms with Crippen molar-refractivity contribution in [2.45, 2.75) is 0 Å². The zero-order valence-corrected chi connectivity index (χ0v) is 7.36. The van der Waals surface area contributed by atoms with Gasteiger partial charge in [0.25, 0.3) is 5.19 Å². The molecule has 0 fully saturated rings. The summed E-state index contributed by atoms with van der Waals surface area (Å²) in [7, 11) is 0. The van der Waals surface area contributed by atoms with E-state index in [2.05, 4.69) is 9.36 Å². The van der Waals surface area contributed by atoms with Gasteiger partial charge in [-0.15, -0.1) is 0 Å². The van der Waals surface area contributed by atoms with Crippen LogP contribution in [-0.2, 0) is 0 Å². The van der Waals surface area contributed by atoms with E-state index in [1.807, 2.05) is 0 Å². The SMILES string of the molecule is Oc1ccc(Oc2ncns2)cc1. The second kappa shape index (κ2) is 3.40. The number of phenols is 1. The van der Waals surface area contributed by atoms with E-state index in [-0.39, 0.29) is 5.75 Å². The van der Waals surface area contributed by atoms with Gasteiger partial charge in [-0.25, -0.2) is 0 Å². The van der Waals surface area contributed by atoms with E-state index in [1.54, 1.807) is 24.3 Å². The predicted octanol–water partition coefficient (Wildman–Crippen LogP) is 2.04. The second-order valence-corrected chi connectivity index (χ2v) is 3.05. The van der Waals surface area contributed by atoms with Crippen LogP contribution in [0.3, 0.4) is 0 Å². The third-order valence-electron chi connectivity index (χ3n) is 1.38. The molecule has 0 saturated heterocycles. The highest BCUT2D eigenvalue weighted by Crippen LogP contribution is 2.23. The third-order valence-corrected chi connectivity index (χ3v) is 1.93. The van der Waals surface area contributed by atoms with Crippen molar-refractivity contribution in [2.75, 3.05) is 0 Å². The largest absolute Gasteiger partial charge is 0.508 e. The highest BCUT2D eigenvalue weighted by molar-refractivity contribution is 7.07. The summed E-state index contributed by atoms with van der Waals surface area (Å²) < 4.78 is 9.10. The maximum absolute atomic E-state index is 9.00. The number of aromatic hydroxyl groups is 1. The van der Waals surface area contributed by atoms with Crippen molar-refractivity contribution in [2.24, 2.45) is 0 Å². The van der Waals surface area contributed by atoms with Crippen LogP contribution in [0.25, 0.3) is 0 Å². The minimum Gasteiger partial charge on any atom is -0.508 e. The number of hydrogen-bond donors (Lipinski definition) is 1. The van der Waals surface area contributed by atoms with Crippen molar-refractivity contribution in [1.82, 2.24) is 9.36 Å². The van der Waals surface area contributed by atoms with Gasteiger partial charge in [0, 0.05) is 11.5 Å². The fraction of sp³-hybridized carbons (Fsp3) is 0. The number of hydrogen-bond acceptors (Lipinski definition) is 5. The molecule has 66 valence electrons. The van der Waals surface area contributed by atoms with Gasteiger partial charge >= 0.3 is 0 Å². The molecule has 0 unspecified atom stereocenters. The lowest BCUT2D eigenvalue weighted by molar-refractivity contribution is 0.463. The Hall–Kier alpha value is -1.62. The van der Waals surface area contributed by atoms with Crippen LogP contribution in [0, 0.1) is 0 Å². The Morgan fingerprint density at radius 3 is 2.62 bits per heavy atom. The molecule has 13 heavy (non-hydrogen) atoms. The summed E-state index contributed by atoms with van der Waals surface area (Å²) in [6, 6.07) is 6.43. The van der Waals surface area contributed by atoms with Gasteiger partial charge in [-0.2, -0.15) is 9.36 Å². The van der Waals surface area contributed by atoms with Gasteiger partial charge < -0.3 is 9.84 Å². The second-order valence-electron chi connectivity index (χ2n) is 2.30. The molecule has 0 aliphatic heterocycles. The molecular formula is C8H6N2O2S. The maximum atomic E-state index is 9.00. The molecular weight excluding hydrogens is 188 g/mol. The zero-order valence-electron chi connectivity index (χ0n) is 6.54. The fourth-order valence-corrected chi connectivity index (χ4v) is 1.24. The summed E-state index contributed by atoms with van der Waals surface area (Å²) in [5.41, 5.74) is 0. The first-order valence-electron chi connectivity index (χ1n) is 3.58. The highest BCUT2D eigenvalue weighted by atomic mass is 32.1. The van der Waals surface area contributed by atoms with Gasteiger partial charge in [-0.05, 0) is 24.3 Å². The predicted molar refractivity (Wildman–Crippen MR) is 48.1 cm³/mol. The molecule has 1 N–H and O–H groups in total. The van der Waals surface area contributed by atoms with Gasteiger partial charge in [0.05, 0.1) is 0 Å². The number of rotatable bonds is 2. The number of benzene rings is 1. The molecule has 0 spiro atoms. The molecule has 4 nitrogen and oxygen atoms in total. The molecule has 1 heterocycles. The van der Waals surface area contributed by atoms with E-state index < -0.39 is 0 Å². The zero-order chi connectivity index (χ0) is 9.10. The standard InChI is InChI=1S/C8H6N2O2S/c11-6-1-3-7(4-2-6)12-8-9-5-10-13-8/h1-5,11H. The first kappa shape index (κ1) is 8.00. The molecule has 2 rings (SSSR count). The molecule has 0 aliphatic rings. The van der Waals surface area contributed by atoms with Crippen LogP contribution >= 0.6 is 11.5 Å². The van der Waals surface area contributed by atoms with Crippen LogP contribution in [0.1, 0.15) is 0 Å². The molecule has 0 bridgehead atoms. The summed E-state index contributed by atoms with van der Waals surface area (Å²) in [6.07, 6.45) is 1.43. The molecule has 0 radical (unpaired) electrons. The number of aromatic nitrogens is 2. The minimum atomic E-state index is 0.213. The number of phenolic OH excluding ortho intramolecular Hbond substituents is 1. The van der Waals surface area contributed by atoms with Gasteiger partial charge in [-0.1, -0.05) is 0 Å². The van der Waals surface area contributed by atoms with Crippen molar-refractivity contribution < 1.29 is 9.84 Å². The summed E-state index contributed by atoms with van der Waals surface area (Å²) >= 11 is 1.18. The quantitative estimate of drug-likeness (QED) is 0.794. The average molecular weight is 194 g/mol. The topological polar surface area (TPSA) is 55.2 Å². The minimum absolute atomic E-state index is 0.213. The Bertz CT molecular complexity index is 372. The van der Waals surface area contributed by atoms with Crippen molar-refractivity contribution in [1.29, 1.82) is 0 Å². The van der Waals surface area contributed by atoms with Gasteiger partial charge in [-0.3, -0.25) is 0 Å². The molecule has 1 aromatic heterocycles.